The van der Waals surface area contributed by atoms with E-state index in [-0.39, 0.29) is 5.82 Å². The molecule has 1 aromatic carbocycles. The van der Waals surface area contributed by atoms with Gasteiger partial charge in [0.15, 0.2) is 0 Å². The first-order chi connectivity index (χ1) is 7.70. The van der Waals surface area contributed by atoms with Crippen molar-refractivity contribution in [3.8, 4) is 0 Å². The fraction of sp³-hybridized carbons (Fsp3) is 0.500. The Bertz CT molecular complexity index is 368. The third-order valence-corrected chi connectivity index (χ3v) is 3.73. The van der Waals surface area contributed by atoms with Gasteiger partial charge in [-0.3, -0.25) is 4.90 Å². The predicted octanol–water partition coefficient (Wildman–Crippen LogP) is 3.79. The number of rotatable bonds is 5. The van der Waals surface area contributed by atoms with Crippen molar-refractivity contribution in [1.29, 1.82) is 0 Å². The molecule has 1 nitrogen and oxygen atoms in total. The molecule has 1 saturated carbocycles. The van der Waals surface area contributed by atoms with Crippen LogP contribution in [0.1, 0.15) is 18.4 Å². The van der Waals surface area contributed by atoms with Crippen LogP contribution in [-0.4, -0.2) is 23.4 Å². The van der Waals surface area contributed by atoms with E-state index in [2.05, 4.69) is 20.8 Å². The fourth-order valence-corrected chi connectivity index (χ4v) is 2.50. The van der Waals surface area contributed by atoms with Crippen molar-refractivity contribution in [2.24, 2.45) is 0 Å². The molecule has 1 aliphatic carbocycles. The predicted molar refractivity (Wildman–Crippen MR) is 68.3 cm³/mol. The molecule has 0 heterocycles. The molecule has 1 aromatic rings. The summed E-state index contributed by atoms with van der Waals surface area (Å²) < 4.78 is 13.8. The molecule has 2 rings (SSSR count). The van der Waals surface area contributed by atoms with E-state index < -0.39 is 0 Å². The first-order valence-electron chi connectivity index (χ1n) is 5.44. The lowest BCUT2D eigenvalue weighted by atomic mass is 10.2. The van der Waals surface area contributed by atoms with E-state index >= 15 is 0 Å². The van der Waals surface area contributed by atoms with E-state index in [1.807, 2.05) is 6.07 Å². The first-order valence-corrected chi connectivity index (χ1v) is 6.77. The van der Waals surface area contributed by atoms with Crippen molar-refractivity contribution < 1.29 is 4.39 Å². The molecule has 0 aromatic heterocycles. The smallest absolute Gasteiger partial charge is 0.124 e. The lowest BCUT2D eigenvalue weighted by Gasteiger charge is -2.21. The Kier molecular flexibility index (Phi) is 4.22. The number of hydrogen-bond acceptors (Lipinski definition) is 1. The third kappa shape index (κ3) is 3.19. The van der Waals surface area contributed by atoms with Crippen LogP contribution in [0.2, 0.25) is 0 Å². The van der Waals surface area contributed by atoms with Crippen molar-refractivity contribution in [2.45, 2.75) is 25.4 Å². The molecule has 0 atom stereocenters. The Hall–Kier alpha value is -0.120. The number of halogens is 3. The van der Waals surface area contributed by atoms with Gasteiger partial charge in [-0.05, 0) is 30.5 Å². The second kappa shape index (κ2) is 5.48. The second-order valence-corrected chi connectivity index (χ2v) is 5.36. The Labute approximate surface area is 109 Å². The average molecular weight is 307 g/mol. The molecule has 0 unspecified atom stereocenters. The van der Waals surface area contributed by atoms with Crippen LogP contribution in [0.5, 0.6) is 0 Å². The van der Waals surface area contributed by atoms with E-state index in [0.717, 1.165) is 23.1 Å². The Morgan fingerprint density at radius 3 is 2.75 bits per heavy atom. The van der Waals surface area contributed by atoms with Crippen LogP contribution in [0, 0.1) is 5.82 Å². The normalized spacial score (nSPS) is 15.8. The highest BCUT2D eigenvalue weighted by Gasteiger charge is 2.28. The largest absolute Gasteiger partial charge is 0.295 e. The zero-order chi connectivity index (χ0) is 11.5. The lowest BCUT2D eigenvalue weighted by Crippen LogP contribution is -2.27. The Morgan fingerprint density at radius 2 is 2.19 bits per heavy atom. The van der Waals surface area contributed by atoms with Crippen LogP contribution in [0.3, 0.4) is 0 Å². The summed E-state index contributed by atoms with van der Waals surface area (Å²) in [6, 6.07) is 5.53. The summed E-state index contributed by atoms with van der Waals surface area (Å²) in [4.78, 5) is 2.37. The summed E-state index contributed by atoms with van der Waals surface area (Å²) in [6.07, 6.45) is 2.52. The summed E-state index contributed by atoms with van der Waals surface area (Å²) in [6.45, 7) is 1.74. The van der Waals surface area contributed by atoms with Crippen molar-refractivity contribution in [3.05, 3.63) is 34.1 Å². The maximum atomic E-state index is 12.9. The van der Waals surface area contributed by atoms with Gasteiger partial charge in [0.2, 0.25) is 0 Å². The monoisotopic (exact) mass is 305 g/mol. The molecule has 16 heavy (non-hydrogen) atoms. The standard InChI is InChI=1S/C12H14BrClFN/c13-12-7-10(15)2-1-9(12)8-16(6-5-14)11-3-4-11/h1-2,7,11H,3-6,8H2. The molecule has 0 saturated heterocycles. The molecule has 0 amide bonds. The van der Waals surface area contributed by atoms with Crippen LogP contribution in [0.4, 0.5) is 4.39 Å². The van der Waals surface area contributed by atoms with Crippen molar-refractivity contribution in [1.82, 2.24) is 4.90 Å². The fourth-order valence-electron chi connectivity index (χ4n) is 1.81. The highest BCUT2D eigenvalue weighted by Crippen LogP contribution is 2.29. The van der Waals surface area contributed by atoms with Crippen molar-refractivity contribution in [2.75, 3.05) is 12.4 Å². The van der Waals surface area contributed by atoms with Crippen LogP contribution in [0.25, 0.3) is 0 Å². The molecular formula is C12H14BrClFN. The summed E-state index contributed by atoms with van der Waals surface area (Å²) in [5, 5.41) is 0. The van der Waals surface area contributed by atoms with E-state index in [1.54, 1.807) is 0 Å². The minimum atomic E-state index is -0.203. The lowest BCUT2D eigenvalue weighted by molar-refractivity contribution is 0.270. The van der Waals surface area contributed by atoms with Crippen molar-refractivity contribution in [3.63, 3.8) is 0 Å². The van der Waals surface area contributed by atoms with E-state index in [0.29, 0.717) is 11.9 Å². The van der Waals surface area contributed by atoms with Gasteiger partial charge < -0.3 is 0 Å². The van der Waals surface area contributed by atoms with E-state index in [9.17, 15) is 4.39 Å². The first kappa shape index (κ1) is 12.3. The number of nitrogens with zero attached hydrogens (tertiary/aromatic N) is 1. The van der Waals surface area contributed by atoms with Crippen LogP contribution in [-0.2, 0) is 6.54 Å². The molecule has 0 aliphatic heterocycles. The van der Waals surface area contributed by atoms with Gasteiger partial charge in [-0.2, -0.15) is 0 Å². The summed E-state index contributed by atoms with van der Waals surface area (Å²) in [7, 11) is 0. The number of alkyl halides is 1. The number of hydrogen-bond donors (Lipinski definition) is 0. The van der Waals surface area contributed by atoms with Crippen LogP contribution in [0.15, 0.2) is 22.7 Å². The highest BCUT2D eigenvalue weighted by atomic mass is 79.9. The molecular weight excluding hydrogens is 292 g/mol. The summed E-state index contributed by atoms with van der Waals surface area (Å²) >= 11 is 9.18. The van der Waals surface area contributed by atoms with Crippen LogP contribution < -0.4 is 0 Å². The van der Waals surface area contributed by atoms with Gasteiger partial charge in [0, 0.05) is 29.5 Å². The quantitative estimate of drug-likeness (QED) is 0.748. The van der Waals surface area contributed by atoms with Gasteiger partial charge in [-0.15, -0.1) is 11.6 Å². The van der Waals surface area contributed by atoms with Crippen LogP contribution >= 0.6 is 27.5 Å². The van der Waals surface area contributed by atoms with Gasteiger partial charge in [0.1, 0.15) is 5.82 Å². The maximum absolute atomic E-state index is 12.9. The molecule has 4 heteroatoms. The molecule has 1 aliphatic rings. The molecule has 0 bridgehead atoms. The maximum Gasteiger partial charge on any atom is 0.124 e. The molecule has 0 N–H and O–H groups in total. The Morgan fingerprint density at radius 1 is 1.44 bits per heavy atom. The zero-order valence-corrected chi connectivity index (χ0v) is 11.3. The molecule has 0 radical (unpaired) electrons. The minimum Gasteiger partial charge on any atom is -0.295 e. The SMILES string of the molecule is Fc1ccc(CN(CCCl)C2CC2)c(Br)c1. The second-order valence-electron chi connectivity index (χ2n) is 4.13. The molecule has 1 fully saturated rings. The number of benzene rings is 1. The molecule has 0 spiro atoms. The Balaban J connectivity index is 2.05. The highest BCUT2D eigenvalue weighted by molar-refractivity contribution is 9.10. The van der Waals surface area contributed by atoms with Gasteiger partial charge in [0.25, 0.3) is 0 Å². The van der Waals surface area contributed by atoms with E-state index in [4.69, 9.17) is 11.6 Å². The summed E-state index contributed by atoms with van der Waals surface area (Å²) in [5.41, 5.74) is 1.12. The van der Waals surface area contributed by atoms with Gasteiger partial charge in [-0.25, -0.2) is 4.39 Å². The van der Waals surface area contributed by atoms with Crippen molar-refractivity contribution >= 4 is 27.5 Å². The topological polar surface area (TPSA) is 3.24 Å². The van der Waals surface area contributed by atoms with E-state index in [1.165, 1.54) is 25.0 Å². The summed E-state index contributed by atoms with van der Waals surface area (Å²) in [5.74, 6) is 0.445. The van der Waals surface area contributed by atoms with Gasteiger partial charge in [0.05, 0.1) is 0 Å². The van der Waals surface area contributed by atoms with Gasteiger partial charge in [-0.1, -0.05) is 22.0 Å². The average Bonchev–Trinajstić information content (AvgIpc) is 3.04. The zero-order valence-electron chi connectivity index (χ0n) is 8.93. The third-order valence-electron chi connectivity index (χ3n) is 2.82. The molecule has 88 valence electrons. The van der Waals surface area contributed by atoms with Gasteiger partial charge >= 0.3 is 0 Å². The minimum absolute atomic E-state index is 0.203.